The van der Waals surface area contributed by atoms with E-state index in [9.17, 15) is 22.0 Å². The summed E-state index contributed by atoms with van der Waals surface area (Å²) >= 11 is 0. The molecule has 0 saturated heterocycles. The van der Waals surface area contributed by atoms with Gasteiger partial charge >= 0.3 is 6.36 Å². The molecule has 0 spiro atoms. The molecule has 17 heavy (non-hydrogen) atoms. The van der Waals surface area contributed by atoms with Gasteiger partial charge in [-0.2, -0.15) is 0 Å². The number of ether oxygens (including phenoxy) is 1. The van der Waals surface area contributed by atoms with Crippen molar-refractivity contribution in [2.24, 2.45) is 5.73 Å². The Labute approximate surface area is 91.8 Å². The van der Waals surface area contributed by atoms with Crippen LogP contribution in [0, 0.1) is 0 Å². The number of hydrogen-bond donors (Lipinski definition) is 2. The molecule has 0 atom stereocenters. The molecule has 1 aromatic heterocycles. The number of aromatic hydroxyl groups is 1. The second-order valence-corrected chi connectivity index (χ2v) is 2.91. The normalized spacial score (nSPS) is 11.9. The molecule has 4 nitrogen and oxygen atoms in total. The number of hydrogen-bond acceptors (Lipinski definition) is 4. The summed E-state index contributed by atoms with van der Waals surface area (Å²) in [6.45, 7) is -0.367. The van der Waals surface area contributed by atoms with Crippen molar-refractivity contribution in [3.8, 4) is 11.6 Å². The van der Waals surface area contributed by atoms with Gasteiger partial charge in [0.05, 0.1) is 11.3 Å². The van der Waals surface area contributed by atoms with Gasteiger partial charge in [0.1, 0.15) is 0 Å². The fourth-order valence-electron chi connectivity index (χ4n) is 1.04. The van der Waals surface area contributed by atoms with E-state index >= 15 is 0 Å². The third-order valence-corrected chi connectivity index (χ3v) is 1.70. The van der Waals surface area contributed by atoms with E-state index in [4.69, 9.17) is 10.8 Å². The average Bonchev–Trinajstić information content (AvgIpc) is 2.18. The van der Waals surface area contributed by atoms with Crippen LogP contribution in [0.5, 0.6) is 11.6 Å². The Balaban J connectivity index is 3.24. The molecule has 0 aromatic carbocycles. The van der Waals surface area contributed by atoms with Crippen LogP contribution < -0.4 is 10.5 Å². The van der Waals surface area contributed by atoms with Gasteiger partial charge in [-0.1, -0.05) is 0 Å². The summed E-state index contributed by atoms with van der Waals surface area (Å²) in [5.41, 5.74) is 3.81. The fourth-order valence-corrected chi connectivity index (χ4v) is 1.04. The summed E-state index contributed by atoms with van der Waals surface area (Å²) in [5.74, 6) is -2.69. The maximum Gasteiger partial charge on any atom is 0.574 e. The summed E-state index contributed by atoms with van der Waals surface area (Å²) in [5, 5.41) is 9.13. The third kappa shape index (κ3) is 3.41. The van der Waals surface area contributed by atoms with Crippen molar-refractivity contribution in [2.45, 2.75) is 19.3 Å². The van der Waals surface area contributed by atoms with Crippen molar-refractivity contribution in [2.75, 3.05) is 0 Å². The van der Waals surface area contributed by atoms with Crippen LogP contribution in [0.3, 0.4) is 0 Å². The average molecular weight is 258 g/mol. The van der Waals surface area contributed by atoms with Crippen LogP contribution in [0.25, 0.3) is 0 Å². The van der Waals surface area contributed by atoms with E-state index in [1.807, 2.05) is 0 Å². The molecular formula is C8H7F5N2O2. The van der Waals surface area contributed by atoms with Crippen LogP contribution in [0.1, 0.15) is 17.7 Å². The summed E-state index contributed by atoms with van der Waals surface area (Å²) in [7, 11) is 0. The molecule has 3 N–H and O–H groups in total. The Bertz CT molecular complexity index is 408. The van der Waals surface area contributed by atoms with Crippen LogP contribution in [0.4, 0.5) is 22.0 Å². The molecule has 0 aliphatic rings. The quantitative estimate of drug-likeness (QED) is 0.814. The number of aromatic nitrogens is 1. The van der Waals surface area contributed by atoms with Gasteiger partial charge in [0.2, 0.25) is 0 Å². The van der Waals surface area contributed by atoms with Gasteiger partial charge in [0.15, 0.2) is 5.75 Å². The first-order valence-corrected chi connectivity index (χ1v) is 4.21. The summed E-state index contributed by atoms with van der Waals surface area (Å²) in [4.78, 5) is 3.17. The molecule has 1 heterocycles. The van der Waals surface area contributed by atoms with Gasteiger partial charge in [-0.3, -0.25) is 0 Å². The van der Waals surface area contributed by atoms with Crippen molar-refractivity contribution in [3.63, 3.8) is 0 Å². The number of nitrogens with two attached hydrogens (primary N) is 1. The Kier molecular flexibility index (Phi) is 3.71. The van der Waals surface area contributed by atoms with E-state index in [0.29, 0.717) is 6.07 Å². The van der Waals surface area contributed by atoms with Gasteiger partial charge in [-0.15, -0.1) is 13.2 Å². The molecule has 0 bridgehead atoms. The zero-order chi connectivity index (χ0) is 13.2. The SMILES string of the molecule is NCc1cc(C(F)F)c(O)c(OC(F)(F)F)n1. The Morgan fingerprint density at radius 2 is 2.00 bits per heavy atom. The van der Waals surface area contributed by atoms with Crippen molar-refractivity contribution < 1.29 is 31.8 Å². The van der Waals surface area contributed by atoms with E-state index in [2.05, 4.69) is 9.72 Å². The molecule has 0 amide bonds. The molecule has 1 rings (SSSR count). The van der Waals surface area contributed by atoms with E-state index in [-0.39, 0.29) is 12.2 Å². The molecule has 0 saturated carbocycles. The minimum absolute atomic E-state index is 0.252. The number of rotatable bonds is 3. The monoisotopic (exact) mass is 258 g/mol. The van der Waals surface area contributed by atoms with E-state index in [1.54, 1.807) is 0 Å². The number of pyridine rings is 1. The Morgan fingerprint density at radius 1 is 1.41 bits per heavy atom. The highest BCUT2D eigenvalue weighted by atomic mass is 19.4. The van der Waals surface area contributed by atoms with Crippen molar-refractivity contribution in [3.05, 3.63) is 17.3 Å². The maximum atomic E-state index is 12.4. The standard InChI is InChI=1S/C8H7F5N2O2/c9-6(10)4-1-3(2-14)15-7(5(4)16)17-8(11,12)13/h1,6,16H,2,14H2. The van der Waals surface area contributed by atoms with Crippen molar-refractivity contribution in [1.82, 2.24) is 4.98 Å². The maximum absolute atomic E-state index is 12.4. The van der Waals surface area contributed by atoms with E-state index in [0.717, 1.165) is 0 Å². The predicted molar refractivity (Wildman–Crippen MR) is 45.4 cm³/mol. The van der Waals surface area contributed by atoms with Gasteiger partial charge in [-0.05, 0) is 6.07 Å². The largest absolute Gasteiger partial charge is 0.574 e. The van der Waals surface area contributed by atoms with Gasteiger partial charge in [0.25, 0.3) is 12.3 Å². The number of nitrogens with zero attached hydrogens (tertiary/aromatic N) is 1. The molecule has 0 aliphatic carbocycles. The highest BCUT2D eigenvalue weighted by molar-refractivity contribution is 5.42. The van der Waals surface area contributed by atoms with Crippen molar-refractivity contribution in [1.29, 1.82) is 0 Å². The summed E-state index contributed by atoms with van der Waals surface area (Å²) < 4.78 is 63.8. The van der Waals surface area contributed by atoms with Crippen LogP contribution in [-0.4, -0.2) is 16.5 Å². The Hall–Kier alpha value is -1.64. The lowest BCUT2D eigenvalue weighted by Gasteiger charge is -2.13. The lowest BCUT2D eigenvalue weighted by atomic mass is 10.2. The minimum Gasteiger partial charge on any atom is -0.503 e. The molecule has 1 aromatic rings. The third-order valence-electron chi connectivity index (χ3n) is 1.70. The summed E-state index contributed by atoms with van der Waals surface area (Å²) in [6.07, 6.45) is -8.31. The first-order chi connectivity index (χ1) is 7.74. The van der Waals surface area contributed by atoms with Crippen LogP contribution in [0.15, 0.2) is 6.07 Å². The van der Waals surface area contributed by atoms with Crippen molar-refractivity contribution >= 4 is 0 Å². The first kappa shape index (κ1) is 13.4. The molecule has 0 aliphatic heterocycles. The zero-order valence-corrected chi connectivity index (χ0v) is 8.13. The molecule has 0 unspecified atom stereocenters. The second-order valence-electron chi connectivity index (χ2n) is 2.91. The lowest BCUT2D eigenvalue weighted by molar-refractivity contribution is -0.276. The molecule has 9 heteroatoms. The first-order valence-electron chi connectivity index (χ1n) is 4.21. The second kappa shape index (κ2) is 4.70. The minimum atomic E-state index is -5.14. The molecule has 0 radical (unpaired) electrons. The number of alkyl halides is 5. The molecule has 0 fully saturated rings. The highest BCUT2D eigenvalue weighted by Crippen LogP contribution is 2.37. The number of halogens is 5. The van der Waals surface area contributed by atoms with Crippen LogP contribution >= 0.6 is 0 Å². The fraction of sp³-hybridized carbons (Fsp3) is 0.375. The van der Waals surface area contributed by atoms with Crippen LogP contribution in [-0.2, 0) is 6.54 Å². The van der Waals surface area contributed by atoms with Gasteiger partial charge in [0, 0.05) is 6.54 Å². The van der Waals surface area contributed by atoms with Gasteiger partial charge < -0.3 is 15.6 Å². The summed E-state index contributed by atoms with van der Waals surface area (Å²) in [6, 6.07) is 0.712. The smallest absolute Gasteiger partial charge is 0.503 e. The van der Waals surface area contributed by atoms with Crippen LogP contribution in [0.2, 0.25) is 0 Å². The highest BCUT2D eigenvalue weighted by Gasteiger charge is 2.34. The van der Waals surface area contributed by atoms with Gasteiger partial charge in [-0.25, -0.2) is 13.8 Å². The van der Waals surface area contributed by atoms with E-state index < -0.39 is 30.0 Å². The molecule has 96 valence electrons. The zero-order valence-electron chi connectivity index (χ0n) is 8.13. The topological polar surface area (TPSA) is 68.4 Å². The molecular weight excluding hydrogens is 251 g/mol. The predicted octanol–water partition coefficient (Wildman–Crippen LogP) is 2.08. The Morgan fingerprint density at radius 3 is 2.41 bits per heavy atom. The van der Waals surface area contributed by atoms with E-state index in [1.165, 1.54) is 0 Å². The lowest BCUT2D eigenvalue weighted by Crippen LogP contribution is -2.19.